The highest BCUT2D eigenvalue weighted by Crippen LogP contribution is 2.40. The van der Waals surface area contributed by atoms with E-state index in [1.807, 2.05) is 30.3 Å². The number of benzene rings is 3. The first-order valence-corrected chi connectivity index (χ1v) is 10.2. The molecule has 4 aromatic rings. The maximum absolute atomic E-state index is 5.45. The van der Waals surface area contributed by atoms with Gasteiger partial charge in [0.2, 0.25) is 10.5 Å². The molecule has 162 valence electrons. The molecule has 0 saturated carbocycles. The second-order valence-electron chi connectivity index (χ2n) is 6.81. The minimum Gasteiger partial charge on any atom is -0.493 e. The van der Waals surface area contributed by atoms with Gasteiger partial charge < -0.3 is 14.2 Å². The monoisotopic (exact) mass is 446 g/mol. The molecule has 0 saturated heterocycles. The van der Waals surface area contributed by atoms with E-state index in [1.54, 1.807) is 44.4 Å². The number of ether oxygens (including phenoxy) is 3. The summed E-state index contributed by atoms with van der Waals surface area (Å²) in [7, 11) is 4.69. The van der Waals surface area contributed by atoms with Gasteiger partial charge in [-0.05, 0) is 41.0 Å². The number of H-pyrrole nitrogens is 1. The molecular formula is C24H22N4O3S. The van der Waals surface area contributed by atoms with E-state index in [9.17, 15) is 0 Å². The van der Waals surface area contributed by atoms with E-state index in [1.165, 1.54) is 0 Å². The Labute approximate surface area is 190 Å². The van der Waals surface area contributed by atoms with Crippen LogP contribution in [0.3, 0.4) is 0 Å². The number of hydrogen-bond acceptors (Lipinski definition) is 6. The van der Waals surface area contributed by atoms with Crippen molar-refractivity contribution in [1.29, 1.82) is 0 Å². The Hall–Kier alpha value is -3.91. The minimum absolute atomic E-state index is 0.367. The van der Waals surface area contributed by atoms with Crippen molar-refractivity contribution < 1.29 is 14.2 Å². The molecule has 8 heteroatoms. The van der Waals surface area contributed by atoms with Gasteiger partial charge in [0, 0.05) is 5.56 Å². The summed E-state index contributed by atoms with van der Waals surface area (Å²) in [5.41, 5.74) is 3.95. The first-order valence-electron chi connectivity index (χ1n) is 9.82. The molecule has 0 fully saturated rings. The largest absolute Gasteiger partial charge is 0.493 e. The number of nitrogens with one attached hydrogen (secondary N) is 1. The van der Waals surface area contributed by atoms with Gasteiger partial charge >= 0.3 is 0 Å². The van der Waals surface area contributed by atoms with Crippen LogP contribution < -0.4 is 14.2 Å². The molecule has 0 amide bonds. The van der Waals surface area contributed by atoms with E-state index in [0.29, 0.717) is 33.4 Å². The van der Waals surface area contributed by atoms with Crippen LogP contribution in [0, 0.1) is 4.77 Å². The van der Waals surface area contributed by atoms with Crippen LogP contribution in [0.15, 0.2) is 71.8 Å². The highest BCUT2D eigenvalue weighted by atomic mass is 32.1. The Morgan fingerprint density at radius 2 is 1.47 bits per heavy atom. The average molecular weight is 447 g/mol. The highest BCUT2D eigenvalue weighted by Gasteiger charge is 2.17. The normalized spacial score (nSPS) is 11.0. The van der Waals surface area contributed by atoms with E-state index < -0.39 is 0 Å². The maximum atomic E-state index is 5.45. The van der Waals surface area contributed by atoms with Crippen LogP contribution in [-0.2, 0) is 0 Å². The van der Waals surface area contributed by atoms with Crippen LogP contribution in [0.1, 0.15) is 5.56 Å². The molecule has 1 aromatic heterocycles. The standard InChI is InChI=1S/C24H22N4O3S/c1-29-20-13-19(14-21(30-2)22(20)31-3)23-26-27-24(32)28(23)25-15-16-9-11-18(12-10-16)17-7-5-4-6-8-17/h4-15H,1-3H3,(H,27,32)/b25-15+. The van der Waals surface area contributed by atoms with E-state index in [2.05, 4.69) is 39.6 Å². The lowest BCUT2D eigenvalue weighted by Crippen LogP contribution is -1.99. The van der Waals surface area contributed by atoms with Gasteiger partial charge in [-0.2, -0.15) is 14.9 Å². The topological polar surface area (TPSA) is 73.7 Å². The molecule has 0 aliphatic rings. The summed E-state index contributed by atoms with van der Waals surface area (Å²) >= 11 is 5.39. The molecule has 7 nitrogen and oxygen atoms in total. The summed E-state index contributed by atoms with van der Waals surface area (Å²) in [5, 5.41) is 11.7. The Balaban J connectivity index is 1.67. The van der Waals surface area contributed by atoms with Crippen LogP contribution >= 0.6 is 12.2 Å². The fraction of sp³-hybridized carbons (Fsp3) is 0.125. The molecule has 32 heavy (non-hydrogen) atoms. The van der Waals surface area contributed by atoms with Gasteiger partial charge in [-0.25, -0.2) is 5.10 Å². The summed E-state index contributed by atoms with van der Waals surface area (Å²) < 4.78 is 18.2. The third-order valence-electron chi connectivity index (χ3n) is 4.91. The zero-order chi connectivity index (χ0) is 22.5. The lowest BCUT2D eigenvalue weighted by Gasteiger charge is -2.13. The van der Waals surface area contributed by atoms with Crippen molar-refractivity contribution in [2.24, 2.45) is 5.10 Å². The van der Waals surface area contributed by atoms with Crippen molar-refractivity contribution in [2.45, 2.75) is 0 Å². The molecule has 1 heterocycles. The van der Waals surface area contributed by atoms with Gasteiger partial charge in [-0.1, -0.05) is 54.6 Å². The molecule has 0 spiro atoms. The smallest absolute Gasteiger partial charge is 0.216 e. The van der Waals surface area contributed by atoms with Crippen LogP contribution in [0.5, 0.6) is 17.2 Å². The highest BCUT2D eigenvalue weighted by molar-refractivity contribution is 7.71. The number of hydrogen-bond donors (Lipinski definition) is 1. The number of nitrogens with zero attached hydrogens (tertiary/aromatic N) is 3. The quantitative estimate of drug-likeness (QED) is 0.313. The molecule has 0 aliphatic heterocycles. The lowest BCUT2D eigenvalue weighted by atomic mass is 10.0. The molecule has 0 unspecified atom stereocenters. The van der Waals surface area contributed by atoms with Crippen LogP contribution in [0.4, 0.5) is 0 Å². The lowest BCUT2D eigenvalue weighted by molar-refractivity contribution is 0.324. The van der Waals surface area contributed by atoms with Gasteiger partial charge in [-0.15, -0.1) is 0 Å². The van der Waals surface area contributed by atoms with E-state index >= 15 is 0 Å². The Morgan fingerprint density at radius 3 is 2.06 bits per heavy atom. The summed E-state index contributed by atoms with van der Waals surface area (Å²) in [6.07, 6.45) is 1.74. The Kier molecular flexibility index (Phi) is 6.32. The third kappa shape index (κ3) is 4.26. The molecule has 0 aliphatic carbocycles. The predicted octanol–water partition coefficient (Wildman–Crippen LogP) is 5.18. The number of aromatic nitrogens is 3. The second kappa shape index (κ2) is 9.49. The molecule has 0 radical (unpaired) electrons. The van der Waals surface area contributed by atoms with Crippen LogP contribution in [0.25, 0.3) is 22.5 Å². The molecule has 0 atom stereocenters. The average Bonchev–Trinajstić information content (AvgIpc) is 3.22. The van der Waals surface area contributed by atoms with Crippen LogP contribution in [-0.4, -0.2) is 42.4 Å². The second-order valence-corrected chi connectivity index (χ2v) is 7.20. The van der Waals surface area contributed by atoms with E-state index in [0.717, 1.165) is 16.7 Å². The van der Waals surface area contributed by atoms with Crippen molar-refractivity contribution in [3.63, 3.8) is 0 Å². The van der Waals surface area contributed by atoms with Crippen molar-refractivity contribution in [2.75, 3.05) is 21.3 Å². The first-order chi connectivity index (χ1) is 15.6. The number of methoxy groups -OCH3 is 3. The van der Waals surface area contributed by atoms with Crippen molar-refractivity contribution in [3.8, 4) is 39.8 Å². The SMILES string of the molecule is COc1cc(-c2n[nH]c(=S)n2/N=C/c2ccc(-c3ccccc3)cc2)cc(OC)c1OC. The fourth-order valence-corrected chi connectivity index (χ4v) is 3.49. The van der Waals surface area contributed by atoms with Crippen LogP contribution in [0.2, 0.25) is 0 Å². The summed E-state index contributed by atoms with van der Waals surface area (Å²) in [4.78, 5) is 0. The van der Waals surface area contributed by atoms with Gasteiger partial charge in [-0.3, -0.25) is 0 Å². The van der Waals surface area contributed by atoms with Gasteiger partial charge in [0.25, 0.3) is 0 Å². The zero-order valence-corrected chi connectivity index (χ0v) is 18.7. The minimum atomic E-state index is 0.367. The van der Waals surface area contributed by atoms with Gasteiger partial charge in [0.15, 0.2) is 17.3 Å². The number of rotatable bonds is 7. The molecule has 1 N–H and O–H groups in total. The van der Waals surface area contributed by atoms with E-state index in [4.69, 9.17) is 26.4 Å². The van der Waals surface area contributed by atoms with Gasteiger partial charge in [0.05, 0.1) is 27.5 Å². The molecule has 4 rings (SSSR count). The molecule has 3 aromatic carbocycles. The number of aromatic amines is 1. The first kappa shape index (κ1) is 21.3. The molecular weight excluding hydrogens is 424 g/mol. The summed E-state index contributed by atoms with van der Waals surface area (Å²) in [6.45, 7) is 0. The Bertz CT molecular complexity index is 1270. The summed E-state index contributed by atoms with van der Waals surface area (Å²) in [6, 6.07) is 22.0. The zero-order valence-electron chi connectivity index (χ0n) is 17.9. The van der Waals surface area contributed by atoms with Crippen molar-refractivity contribution in [1.82, 2.24) is 14.9 Å². The van der Waals surface area contributed by atoms with E-state index in [-0.39, 0.29) is 0 Å². The fourth-order valence-electron chi connectivity index (χ4n) is 3.31. The molecule has 0 bridgehead atoms. The third-order valence-corrected chi connectivity index (χ3v) is 5.18. The van der Waals surface area contributed by atoms with Gasteiger partial charge in [0.1, 0.15) is 0 Å². The predicted molar refractivity (Wildman–Crippen MR) is 127 cm³/mol. The Morgan fingerprint density at radius 1 is 0.844 bits per heavy atom. The van der Waals surface area contributed by atoms with Crippen molar-refractivity contribution in [3.05, 3.63) is 77.1 Å². The maximum Gasteiger partial charge on any atom is 0.216 e. The summed E-state index contributed by atoms with van der Waals surface area (Å²) in [5.74, 6) is 2.05. The van der Waals surface area contributed by atoms with Crippen molar-refractivity contribution >= 4 is 18.4 Å².